The zero-order valence-electron chi connectivity index (χ0n) is 11.1. The lowest BCUT2D eigenvalue weighted by Gasteiger charge is -2.04. The maximum absolute atomic E-state index is 11.6. The van der Waals surface area contributed by atoms with Gasteiger partial charge >= 0.3 is 0 Å². The van der Waals surface area contributed by atoms with Gasteiger partial charge in [0.05, 0.1) is 0 Å². The van der Waals surface area contributed by atoms with Gasteiger partial charge in [-0.1, -0.05) is 30.3 Å². The average Bonchev–Trinajstić information content (AvgIpc) is 2.39. The molecule has 18 heavy (non-hydrogen) atoms. The minimum atomic E-state index is -0.0335. The highest BCUT2D eigenvalue weighted by Gasteiger charge is 1.99. The fraction of sp³-hybridized carbons (Fsp3) is 0.400. The van der Waals surface area contributed by atoms with Crippen LogP contribution >= 0.6 is 0 Å². The zero-order valence-corrected chi connectivity index (χ0v) is 11.1. The third-order valence-electron chi connectivity index (χ3n) is 2.65. The van der Waals surface area contributed by atoms with Gasteiger partial charge in [0, 0.05) is 26.3 Å². The van der Waals surface area contributed by atoms with Gasteiger partial charge < -0.3 is 10.1 Å². The van der Waals surface area contributed by atoms with Crippen molar-refractivity contribution in [3.63, 3.8) is 0 Å². The van der Waals surface area contributed by atoms with Crippen LogP contribution in [0.1, 0.15) is 25.3 Å². The van der Waals surface area contributed by atoms with Crippen molar-refractivity contribution in [2.45, 2.75) is 19.8 Å². The van der Waals surface area contributed by atoms with E-state index in [9.17, 15) is 4.79 Å². The number of allylic oxidation sites excluding steroid dienone is 1. The van der Waals surface area contributed by atoms with E-state index in [1.807, 2.05) is 37.3 Å². The van der Waals surface area contributed by atoms with Crippen LogP contribution in [0, 0.1) is 0 Å². The van der Waals surface area contributed by atoms with Crippen molar-refractivity contribution >= 4 is 11.5 Å². The lowest BCUT2D eigenvalue weighted by atomic mass is 10.1. The Morgan fingerprint density at radius 2 is 2.00 bits per heavy atom. The van der Waals surface area contributed by atoms with Gasteiger partial charge in [-0.2, -0.15) is 0 Å². The van der Waals surface area contributed by atoms with Crippen molar-refractivity contribution in [3.05, 3.63) is 42.0 Å². The van der Waals surface area contributed by atoms with E-state index in [0.717, 1.165) is 30.6 Å². The molecular formula is C15H21NO2. The Labute approximate surface area is 109 Å². The monoisotopic (exact) mass is 247 g/mol. The van der Waals surface area contributed by atoms with Crippen LogP contribution in [-0.4, -0.2) is 26.2 Å². The lowest BCUT2D eigenvalue weighted by Crippen LogP contribution is -2.22. The Kier molecular flexibility index (Phi) is 6.81. The summed E-state index contributed by atoms with van der Waals surface area (Å²) in [6, 6.07) is 9.90. The predicted molar refractivity (Wildman–Crippen MR) is 74.2 cm³/mol. The average molecular weight is 247 g/mol. The molecule has 0 atom stereocenters. The molecule has 98 valence electrons. The predicted octanol–water partition coefficient (Wildman–Crippen LogP) is 2.63. The van der Waals surface area contributed by atoms with Crippen LogP contribution in [0.5, 0.6) is 0 Å². The molecule has 0 bridgehead atoms. The van der Waals surface area contributed by atoms with Crippen molar-refractivity contribution in [2.75, 3.05) is 20.3 Å². The summed E-state index contributed by atoms with van der Waals surface area (Å²) in [5.41, 5.74) is 2.05. The fourth-order valence-electron chi connectivity index (χ4n) is 1.62. The maximum atomic E-state index is 11.6. The van der Waals surface area contributed by atoms with Crippen molar-refractivity contribution in [1.29, 1.82) is 0 Å². The van der Waals surface area contributed by atoms with Crippen LogP contribution < -0.4 is 5.32 Å². The number of rotatable bonds is 7. The number of benzene rings is 1. The standard InChI is InChI=1S/C15H21NO2/c1-13(14-8-4-3-5-9-14)12-15(17)16-10-6-7-11-18-2/h3-5,8-9,12H,6-7,10-11H2,1-2H3,(H,16,17)/b13-12+. The number of hydrogen-bond donors (Lipinski definition) is 1. The van der Waals surface area contributed by atoms with Crippen molar-refractivity contribution in [1.82, 2.24) is 5.32 Å². The van der Waals surface area contributed by atoms with E-state index in [1.54, 1.807) is 13.2 Å². The molecule has 0 radical (unpaired) electrons. The van der Waals surface area contributed by atoms with Gasteiger partial charge in [0.25, 0.3) is 0 Å². The molecule has 3 heteroatoms. The number of methoxy groups -OCH3 is 1. The van der Waals surface area contributed by atoms with Gasteiger partial charge in [-0.3, -0.25) is 4.79 Å². The summed E-state index contributed by atoms with van der Waals surface area (Å²) in [5, 5.41) is 2.87. The second kappa shape index (κ2) is 8.48. The molecule has 1 N–H and O–H groups in total. The molecule has 0 unspecified atom stereocenters. The van der Waals surface area contributed by atoms with Crippen LogP contribution in [0.2, 0.25) is 0 Å². The topological polar surface area (TPSA) is 38.3 Å². The smallest absolute Gasteiger partial charge is 0.244 e. The van der Waals surface area contributed by atoms with Crippen LogP contribution in [-0.2, 0) is 9.53 Å². The molecule has 0 aliphatic rings. The molecule has 1 rings (SSSR count). The molecule has 0 aliphatic heterocycles. The Hall–Kier alpha value is -1.61. The summed E-state index contributed by atoms with van der Waals surface area (Å²) in [6.45, 7) is 3.38. The quantitative estimate of drug-likeness (QED) is 0.594. The number of carbonyl (C=O) groups excluding carboxylic acids is 1. The summed E-state index contributed by atoms with van der Waals surface area (Å²) in [5.74, 6) is -0.0335. The van der Waals surface area contributed by atoms with Crippen molar-refractivity contribution in [3.8, 4) is 0 Å². The van der Waals surface area contributed by atoms with E-state index >= 15 is 0 Å². The minimum Gasteiger partial charge on any atom is -0.385 e. The van der Waals surface area contributed by atoms with Gasteiger partial charge in [0.1, 0.15) is 0 Å². The summed E-state index contributed by atoms with van der Waals surface area (Å²) in [6.07, 6.45) is 3.56. The first-order valence-electron chi connectivity index (χ1n) is 6.24. The third kappa shape index (κ3) is 5.64. The van der Waals surface area contributed by atoms with Crippen LogP contribution in [0.3, 0.4) is 0 Å². The molecular weight excluding hydrogens is 226 g/mol. The molecule has 0 fully saturated rings. The highest BCUT2D eigenvalue weighted by Crippen LogP contribution is 2.11. The number of carbonyl (C=O) groups is 1. The SMILES string of the molecule is COCCCCNC(=O)/C=C(\C)c1ccccc1. The molecule has 0 spiro atoms. The summed E-state index contributed by atoms with van der Waals surface area (Å²) < 4.78 is 4.95. The molecule has 0 heterocycles. The van der Waals surface area contributed by atoms with Gasteiger partial charge in [-0.15, -0.1) is 0 Å². The highest BCUT2D eigenvalue weighted by atomic mass is 16.5. The number of nitrogens with one attached hydrogen (secondary N) is 1. The Morgan fingerprint density at radius 1 is 1.28 bits per heavy atom. The van der Waals surface area contributed by atoms with Crippen molar-refractivity contribution in [2.24, 2.45) is 0 Å². The van der Waals surface area contributed by atoms with Crippen molar-refractivity contribution < 1.29 is 9.53 Å². The van der Waals surface area contributed by atoms with E-state index in [1.165, 1.54) is 0 Å². The summed E-state index contributed by atoms with van der Waals surface area (Å²) >= 11 is 0. The molecule has 1 aromatic carbocycles. The number of hydrogen-bond acceptors (Lipinski definition) is 2. The Bertz CT molecular complexity index is 385. The van der Waals surface area contributed by atoms with Gasteiger partial charge in [0.15, 0.2) is 0 Å². The van der Waals surface area contributed by atoms with Crippen LogP contribution in [0.25, 0.3) is 5.57 Å². The maximum Gasteiger partial charge on any atom is 0.244 e. The molecule has 0 aliphatic carbocycles. The van der Waals surface area contributed by atoms with Crippen LogP contribution in [0.15, 0.2) is 36.4 Å². The summed E-state index contributed by atoms with van der Waals surface area (Å²) in [4.78, 5) is 11.6. The Balaban J connectivity index is 2.34. The molecule has 3 nitrogen and oxygen atoms in total. The largest absolute Gasteiger partial charge is 0.385 e. The Morgan fingerprint density at radius 3 is 2.67 bits per heavy atom. The van der Waals surface area contributed by atoms with Gasteiger partial charge in [-0.05, 0) is 30.9 Å². The lowest BCUT2D eigenvalue weighted by molar-refractivity contribution is -0.116. The first-order chi connectivity index (χ1) is 8.74. The molecule has 0 aromatic heterocycles. The van der Waals surface area contributed by atoms with Crippen LogP contribution in [0.4, 0.5) is 0 Å². The molecule has 1 amide bonds. The number of ether oxygens (including phenoxy) is 1. The minimum absolute atomic E-state index is 0.0335. The second-order valence-electron chi connectivity index (χ2n) is 4.18. The first-order valence-corrected chi connectivity index (χ1v) is 6.24. The zero-order chi connectivity index (χ0) is 13.2. The highest BCUT2D eigenvalue weighted by molar-refractivity contribution is 5.94. The van der Waals surface area contributed by atoms with E-state index in [0.29, 0.717) is 6.54 Å². The van der Waals surface area contributed by atoms with E-state index in [2.05, 4.69) is 5.32 Å². The third-order valence-corrected chi connectivity index (χ3v) is 2.65. The van der Waals surface area contributed by atoms with Gasteiger partial charge in [0.2, 0.25) is 5.91 Å². The molecule has 0 saturated carbocycles. The second-order valence-corrected chi connectivity index (χ2v) is 4.18. The fourth-order valence-corrected chi connectivity index (χ4v) is 1.62. The molecule has 0 saturated heterocycles. The number of amides is 1. The van der Waals surface area contributed by atoms with E-state index < -0.39 is 0 Å². The van der Waals surface area contributed by atoms with Gasteiger partial charge in [-0.25, -0.2) is 0 Å². The number of unbranched alkanes of at least 4 members (excludes halogenated alkanes) is 1. The first kappa shape index (κ1) is 14.5. The van der Waals surface area contributed by atoms with E-state index in [4.69, 9.17) is 4.74 Å². The molecule has 1 aromatic rings. The van der Waals surface area contributed by atoms with E-state index in [-0.39, 0.29) is 5.91 Å². The normalized spacial score (nSPS) is 11.3. The summed E-state index contributed by atoms with van der Waals surface area (Å²) in [7, 11) is 1.69.